The number of nitrogens with zero attached hydrogens (tertiary/aromatic N) is 1. The van der Waals surface area contributed by atoms with Crippen molar-refractivity contribution < 1.29 is 19.1 Å². The third-order valence-electron chi connectivity index (χ3n) is 6.59. The fourth-order valence-electron chi connectivity index (χ4n) is 4.74. The molecule has 1 heterocycles. The molecule has 2 N–H and O–H groups in total. The van der Waals surface area contributed by atoms with Crippen molar-refractivity contribution in [3.63, 3.8) is 0 Å². The van der Waals surface area contributed by atoms with E-state index in [0.29, 0.717) is 17.2 Å². The number of nitrogens with one attached hydrogen (secondary N) is 2. The van der Waals surface area contributed by atoms with Crippen LogP contribution in [0.1, 0.15) is 73.3 Å². The van der Waals surface area contributed by atoms with Crippen LogP contribution in [0.25, 0.3) is 0 Å². The van der Waals surface area contributed by atoms with Crippen LogP contribution in [0.5, 0.6) is 11.5 Å². The summed E-state index contributed by atoms with van der Waals surface area (Å²) in [4.78, 5) is 30.1. The summed E-state index contributed by atoms with van der Waals surface area (Å²) in [6.07, 6.45) is 9.35. The first-order valence-corrected chi connectivity index (χ1v) is 12.8. The van der Waals surface area contributed by atoms with Crippen molar-refractivity contribution >= 4 is 23.2 Å². The van der Waals surface area contributed by atoms with Gasteiger partial charge in [0.25, 0.3) is 5.91 Å². The van der Waals surface area contributed by atoms with Gasteiger partial charge in [-0.15, -0.1) is 11.3 Å². The van der Waals surface area contributed by atoms with Gasteiger partial charge < -0.3 is 20.1 Å². The number of thiazole rings is 1. The minimum atomic E-state index is -0.196. The van der Waals surface area contributed by atoms with E-state index in [0.717, 1.165) is 56.4 Å². The van der Waals surface area contributed by atoms with Gasteiger partial charge in [0.15, 0.2) is 11.5 Å². The Hall–Kier alpha value is -2.61. The number of hydrogen-bond donors (Lipinski definition) is 2. The summed E-state index contributed by atoms with van der Waals surface area (Å²) < 4.78 is 11.1. The third-order valence-corrected chi connectivity index (χ3v) is 7.41. The van der Waals surface area contributed by atoms with Gasteiger partial charge in [-0.05, 0) is 37.8 Å². The van der Waals surface area contributed by atoms with Crippen LogP contribution >= 0.6 is 11.3 Å². The highest BCUT2D eigenvalue weighted by molar-refractivity contribution is 7.09. The molecule has 7 nitrogen and oxygen atoms in total. The molecule has 33 heavy (non-hydrogen) atoms. The molecule has 2 aliphatic carbocycles. The van der Waals surface area contributed by atoms with Gasteiger partial charge in [0.2, 0.25) is 5.91 Å². The Morgan fingerprint density at radius 3 is 2.36 bits per heavy atom. The SMILES string of the molecule is COc1ccccc1OCc1nc(C(=O)N[C@@H]2CCCC[C@H]2NC(=O)C2CCCCC2)cs1. The van der Waals surface area contributed by atoms with Crippen LogP contribution in [-0.2, 0) is 11.4 Å². The summed E-state index contributed by atoms with van der Waals surface area (Å²) in [6, 6.07) is 7.37. The van der Waals surface area contributed by atoms with Gasteiger partial charge in [0, 0.05) is 23.4 Å². The highest BCUT2D eigenvalue weighted by Gasteiger charge is 2.31. The normalized spacial score (nSPS) is 21.2. The molecule has 2 saturated carbocycles. The summed E-state index contributed by atoms with van der Waals surface area (Å²) in [6.45, 7) is 0.266. The molecule has 2 fully saturated rings. The topological polar surface area (TPSA) is 89.6 Å². The fraction of sp³-hybridized carbons (Fsp3) is 0.560. The summed E-state index contributed by atoms with van der Waals surface area (Å²) in [5.41, 5.74) is 0.390. The lowest BCUT2D eigenvalue weighted by Crippen LogP contribution is -2.54. The van der Waals surface area contributed by atoms with Crippen molar-refractivity contribution in [3.05, 3.63) is 40.3 Å². The van der Waals surface area contributed by atoms with E-state index in [1.807, 2.05) is 24.3 Å². The lowest BCUT2D eigenvalue weighted by atomic mass is 9.86. The maximum atomic E-state index is 12.9. The molecule has 0 spiro atoms. The lowest BCUT2D eigenvalue weighted by Gasteiger charge is -2.34. The van der Waals surface area contributed by atoms with Crippen molar-refractivity contribution in [1.82, 2.24) is 15.6 Å². The molecule has 0 unspecified atom stereocenters. The molecular weight excluding hydrogens is 438 g/mol. The maximum Gasteiger partial charge on any atom is 0.271 e. The van der Waals surface area contributed by atoms with Crippen molar-refractivity contribution in [2.45, 2.75) is 76.5 Å². The number of ether oxygens (including phenoxy) is 2. The van der Waals surface area contributed by atoms with E-state index >= 15 is 0 Å². The van der Waals surface area contributed by atoms with Crippen LogP contribution < -0.4 is 20.1 Å². The van der Waals surface area contributed by atoms with Crippen LogP contribution in [0.3, 0.4) is 0 Å². The van der Waals surface area contributed by atoms with Crippen LogP contribution in [0, 0.1) is 5.92 Å². The largest absolute Gasteiger partial charge is 0.493 e. The zero-order valence-corrected chi connectivity index (χ0v) is 20.0. The van der Waals surface area contributed by atoms with Gasteiger partial charge in [-0.1, -0.05) is 44.2 Å². The Labute approximate surface area is 199 Å². The second-order valence-corrected chi connectivity index (χ2v) is 9.82. The monoisotopic (exact) mass is 471 g/mol. The van der Waals surface area contributed by atoms with Gasteiger partial charge in [0.05, 0.1) is 7.11 Å². The van der Waals surface area contributed by atoms with Gasteiger partial charge in [-0.2, -0.15) is 0 Å². The lowest BCUT2D eigenvalue weighted by molar-refractivity contribution is -0.127. The molecule has 2 aliphatic rings. The highest BCUT2D eigenvalue weighted by atomic mass is 32.1. The summed E-state index contributed by atoms with van der Waals surface area (Å²) in [5, 5.41) is 8.85. The van der Waals surface area contributed by atoms with E-state index in [4.69, 9.17) is 9.47 Å². The van der Waals surface area contributed by atoms with E-state index in [1.165, 1.54) is 17.8 Å². The predicted octanol–water partition coefficient (Wildman–Crippen LogP) is 4.47. The van der Waals surface area contributed by atoms with Crippen LogP contribution in [-0.4, -0.2) is 36.0 Å². The Bertz CT molecular complexity index is 941. The van der Waals surface area contributed by atoms with Gasteiger partial charge >= 0.3 is 0 Å². The molecule has 0 bridgehead atoms. The Morgan fingerprint density at radius 2 is 1.64 bits per heavy atom. The zero-order chi connectivity index (χ0) is 23.0. The number of para-hydroxylation sites is 2. The molecule has 2 aromatic rings. The fourth-order valence-corrected chi connectivity index (χ4v) is 5.43. The standard InChI is InChI=1S/C25H33N3O4S/c1-31-21-13-7-8-14-22(21)32-15-23-26-20(16-33-23)25(30)28-19-12-6-5-11-18(19)27-24(29)17-9-3-2-4-10-17/h7-8,13-14,16-19H,2-6,9-12,15H2,1H3,(H,27,29)(H,28,30)/t18-,19-/m1/s1. The summed E-state index contributed by atoms with van der Waals surface area (Å²) in [7, 11) is 1.60. The highest BCUT2D eigenvalue weighted by Crippen LogP contribution is 2.28. The molecular formula is C25H33N3O4S. The zero-order valence-electron chi connectivity index (χ0n) is 19.2. The van der Waals surface area contributed by atoms with Crippen molar-refractivity contribution in [2.75, 3.05) is 7.11 Å². The van der Waals surface area contributed by atoms with Gasteiger partial charge in [-0.25, -0.2) is 4.98 Å². The molecule has 1 aromatic carbocycles. The molecule has 0 radical (unpaired) electrons. The second-order valence-electron chi connectivity index (χ2n) is 8.88. The first-order chi connectivity index (χ1) is 16.1. The van der Waals surface area contributed by atoms with Crippen molar-refractivity contribution in [3.8, 4) is 11.5 Å². The minimum absolute atomic E-state index is 0.0101. The van der Waals surface area contributed by atoms with Gasteiger partial charge in [-0.3, -0.25) is 9.59 Å². The Balaban J connectivity index is 1.32. The molecule has 0 saturated heterocycles. The van der Waals surface area contributed by atoms with Gasteiger partial charge in [0.1, 0.15) is 17.3 Å². The number of carbonyl (C=O) groups excluding carboxylic acids is 2. The third kappa shape index (κ3) is 6.25. The van der Waals surface area contributed by atoms with E-state index in [2.05, 4.69) is 15.6 Å². The number of methoxy groups -OCH3 is 1. The smallest absolute Gasteiger partial charge is 0.271 e. The molecule has 1 aromatic heterocycles. The average Bonchev–Trinajstić information content (AvgIpc) is 3.34. The number of aromatic nitrogens is 1. The molecule has 178 valence electrons. The van der Waals surface area contributed by atoms with E-state index in [1.54, 1.807) is 12.5 Å². The number of hydrogen-bond acceptors (Lipinski definition) is 6. The quantitative estimate of drug-likeness (QED) is 0.593. The number of carbonyl (C=O) groups is 2. The predicted molar refractivity (Wildman–Crippen MR) is 128 cm³/mol. The summed E-state index contributed by atoms with van der Waals surface area (Å²) in [5.74, 6) is 1.39. The van der Waals surface area contributed by atoms with E-state index in [-0.39, 0.29) is 36.4 Å². The van der Waals surface area contributed by atoms with Crippen molar-refractivity contribution in [2.24, 2.45) is 5.92 Å². The number of amides is 2. The first kappa shape index (κ1) is 23.5. The van der Waals surface area contributed by atoms with Crippen LogP contribution in [0.15, 0.2) is 29.6 Å². The van der Waals surface area contributed by atoms with Crippen LogP contribution in [0.2, 0.25) is 0 Å². The molecule has 2 atom stereocenters. The van der Waals surface area contributed by atoms with E-state index < -0.39 is 0 Å². The molecule has 8 heteroatoms. The molecule has 2 amide bonds. The number of rotatable bonds is 8. The Kier molecular flexibility index (Phi) is 8.20. The maximum absolute atomic E-state index is 12.9. The summed E-state index contributed by atoms with van der Waals surface area (Å²) >= 11 is 1.40. The Morgan fingerprint density at radius 1 is 0.970 bits per heavy atom. The van der Waals surface area contributed by atoms with E-state index in [9.17, 15) is 9.59 Å². The van der Waals surface area contributed by atoms with Crippen molar-refractivity contribution in [1.29, 1.82) is 0 Å². The minimum Gasteiger partial charge on any atom is -0.493 e. The molecule has 4 rings (SSSR count). The first-order valence-electron chi connectivity index (χ1n) is 12.0. The average molecular weight is 472 g/mol. The molecule has 0 aliphatic heterocycles. The van der Waals surface area contributed by atoms with Crippen LogP contribution in [0.4, 0.5) is 0 Å². The number of benzene rings is 1. The second kappa shape index (κ2) is 11.5.